The topological polar surface area (TPSA) is 61.0 Å². The number of hydrogen-bond donors (Lipinski definition) is 0. The molecule has 1 aliphatic carbocycles. The molecule has 3 heterocycles. The molecular formula is C42H25N3O2. The summed E-state index contributed by atoms with van der Waals surface area (Å²) in [5.41, 5.74) is 9.75. The maximum atomic E-state index is 6.92. The summed E-state index contributed by atoms with van der Waals surface area (Å²) >= 11 is 0. The Kier molecular flexibility index (Phi) is 5.43. The number of fused-ring (bicyclic) bond motifs is 10. The number of aromatic nitrogens is 3. The molecule has 10 rings (SSSR count). The second kappa shape index (κ2) is 9.83. The van der Waals surface area contributed by atoms with Gasteiger partial charge in [-0.3, -0.25) is 0 Å². The minimum absolute atomic E-state index is 0.553. The van der Waals surface area contributed by atoms with E-state index in [1.807, 2.05) is 72.8 Å². The predicted octanol–water partition coefficient (Wildman–Crippen LogP) is 10.1. The molecule has 0 radical (unpaired) electrons. The molecule has 2 aromatic heterocycles. The molecule has 1 atom stereocenters. The number of ether oxygens (including phenoxy) is 1. The van der Waals surface area contributed by atoms with Gasteiger partial charge in [0, 0.05) is 27.6 Å². The van der Waals surface area contributed by atoms with Gasteiger partial charge in [0.2, 0.25) is 0 Å². The Labute approximate surface area is 270 Å². The highest BCUT2D eigenvalue weighted by Gasteiger charge is 2.51. The molecule has 8 aromatic rings. The van der Waals surface area contributed by atoms with E-state index in [4.69, 9.17) is 24.1 Å². The fourth-order valence-electron chi connectivity index (χ4n) is 7.48. The van der Waals surface area contributed by atoms with Gasteiger partial charge in [0.25, 0.3) is 0 Å². The van der Waals surface area contributed by atoms with Gasteiger partial charge in [0.05, 0.1) is 17.2 Å². The normalized spacial score (nSPS) is 15.5. The molecule has 0 N–H and O–H groups in total. The number of furan rings is 1. The number of benzene rings is 6. The Bertz CT molecular complexity index is 2450. The van der Waals surface area contributed by atoms with Crippen LogP contribution in [0.4, 0.5) is 0 Å². The van der Waals surface area contributed by atoms with Crippen LogP contribution in [-0.4, -0.2) is 15.0 Å². The van der Waals surface area contributed by atoms with Crippen LogP contribution in [0.2, 0.25) is 0 Å². The van der Waals surface area contributed by atoms with Crippen LogP contribution < -0.4 is 4.74 Å². The fourth-order valence-corrected chi connectivity index (χ4v) is 7.48. The van der Waals surface area contributed by atoms with Crippen molar-refractivity contribution in [3.05, 3.63) is 174 Å². The van der Waals surface area contributed by atoms with Crippen LogP contribution in [0, 0.1) is 0 Å². The van der Waals surface area contributed by atoms with Gasteiger partial charge in [-0.1, -0.05) is 115 Å². The Morgan fingerprint density at radius 3 is 1.83 bits per heavy atom. The Morgan fingerprint density at radius 1 is 0.447 bits per heavy atom. The first-order chi connectivity index (χ1) is 23.3. The Balaban J connectivity index is 1.29. The lowest BCUT2D eigenvalue weighted by atomic mass is 9.65. The summed E-state index contributed by atoms with van der Waals surface area (Å²) < 4.78 is 12.9. The molecule has 0 fully saturated rings. The standard InChI is InChI=1S/C42H25N3O2/c1-3-12-26(13-4-1)39-43-40(27-14-5-2-6-15-27)45-41(44-39)30-17-11-20-34-38(30)47-36-21-10-9-19-33(36)42(34)32-18-8-7-16-29(32)31-24-28-22-23-46-37(28)25-35(31)42/h1-25H. The summed E-state index contributed by atoms with van der Waals surface area (Å²) in [5, 5.41) is 1.08. The number of nitrogens with zero attached hydrogens (tertiary/aromatic N) is 3. The summed E-state index contributed by atoms with van der Waals surface area (Å²) in [6, 6.07) is 50.0. The fraction of sp³-hybridized carbons (Fsp3) is 0.0238. The molecule has 0 saturated carbocycles. The highest BCUT2D eigenvalue weighted by molar-refractivity contribution is 5.95. The molecule has 1 unspecified atom stereocenters. The first-order valence-electron chi connectivity index (χ1n) is 15.7. The van der Waals surface area contributed by atoms with E-state index >= 15 is 0 Å². The lowest BCUT2D eigenvalue weighted by Crippen LogP contribution is -2.32. The largest absolute Gasteiger partial charge is 0.464 e. The molecule has 2 aliphatic rings. The highest BCUT2D eigenvalue weighted by atomic mass is 16.5. The van der Waals surface area contributed by atoms with Crippen molar-refractivity contribution < 1.29 is 9.15 Å². The van der Waals surface area contributed by atoms with E-state index in [1.54, 1.807) is 6.26 Å². The maximum Gasteiger partial charge on any atom is 0.167 e. The first kappa shape index (κ1) is 25.9. The molecule has 5 heteroatoms. The second-order valence-corrected chi connectivity index (χ2v) is 12.0. The van der Waals surface area contributed by atoms with Crippen LogP contribution in [0.25, 0.3) is 56.3 Å². The van der Waals surface area contributed by atoms with E-state index in [0.29, 0.717) is 17.5 Å². The van der Waals surface area contributed by atoms with Crippen LogP contribution in [0.3, 0.4) is 0 Å². The van der Waals surface area contributed by atoms with Crippen molar-refractivity contribution in [2.45, 2.75) is 5.41 Å². The molecule has 0 bridgehead atoms. The van der Waals surface area contributed by atoms with Gasteiger partial charge in [-0.15, -0.1) is 0 Å². The molecule has 1 aliphatic heterocycles. The van der Waals surface area contributed by atoms with Gasteiger partial charge in [-0.25, -0.2) is 15.0 Å². The summed E-state index contributed by atoms with van der Waals surface area (Å²) in [5.74, 6) is 3.30. The Morgan fingerprint density at radius 2 is 1.06 bits per heavy atom. The van der Waals surface area contributed by atoms with Gasteiger partial charge in [-0.2, -0.15) is 0 Å². The Hall–Kier alpha value is -6.33. The molecule has 0 amide bonds. The third-order valence-electron chi connectivity index (χ3n) is 9.48. The predicted molar refractivity (Wildman–Crippen MR) is 183 cm³/mol. The van der Waals surface area contributed by atoms with Crippen LogP contribution in [0.1, 0.15) is 22.3 Å². The highest BCUT2D eigenvalue weighted by Crippen LogP contribution is 2.63. The number of para-hydroxylation sites is 2. The van der Waals surface area contributed by atoms with Crippen LogP contribution >= 0.6 is 0 Å². The minimum atomic E-state index is -0.648. The third kappa shape index (κ3) is 3.68. The van der Waals surface area contributed by atoms with Gasteiger partial charge >= 0.3 is 0 Å². The van der Waals surface area contributed by atoms with Crippen molar-refractivity contribution in [1.29, 1.82) is 0 Å². The third-order valence-corrected chi connectivity index (χ3v) is 9.48. The van der Waals surface area contributed by atoms with Crippen LogP contribution in [0.5, 0.6) is 11.5 Å². The van der Waals surface area contributed by atoms with Gasteiger partial charge in [-0.05, 0) is 52.6 Å². The first-order valence-corrected chi connectivity index (χ1v) is 15.7. The zero-order valence-corrected chi connectivity index (χ0v) is 25.1. The van der Waals surface area contributed by atoms with Crippen molar-refractivity contribution in [1.82, 2.24) is 15.0 Å². The maximum absolute atomic E-state index is 6.92. The van der Waals surface area contributed by atoms with E-state index in [0.717, 1.165) is 50.3 Å². The van der Waals surface area contributed by atoms with Gasteiger partial charge < -0.3 is 9.15 Å². The van der Waals surface area contributed by atoms with E-state index in [1.165, 1.54) is 22.3 Å². The van der Waals surface area contributed by atoms with Crippen molar-refractivity contribution in [2.24, 2.45) is 0 Å². The summed E-state index contributed by atoms with van der Waals surface area (Å²) in [7, 11) is 0. The van der Waals surface area contributed by atoms with E-state index in [-0.39, 0.29) is 0 Å². The summed E-state index contributed by atoms with van der Waals surface area (Å²) in [4.78, 5) is 15.1. The van der Waals surface area contributed by atoms with E-state index < -0.39 is 5.41 Å². The molecule has 220 valence electrons. The lowest BCUT2D eigenvalue weighted by molar-refractivity contribution is 0.437. The zero-order valence-electron chi connectivity index (χ0n) is 25.1. The average molecular weight is 604 g/mol. The van der Waals surface area contributed by atoms with E-state index in [2.05, 4.69) is 72.8 Å². The van der Waals surface area contributed by atoms with E-state index in [9.17, 15) is 0 Å². The molecular weight excluding hydrogens is 578 g/mol. The molecule has 1 spiro atoms. The zero-order chi connectivity index (χ0) is 31.0. The quantitative estimate of drug-likeness (QED) is 0.201. The van der Waals surface area contributed by atoms with Crippen molar-refractivity contribution in [3.63, 3.8) is 0 Å². The van der Waals surface area contributed by atoms with Gasteiger partial charge in [0.15, 0.2) is 17.5 Å². The van der Waals surface area contributed by atoms with Crippen LogP contribution in [0.15, 0.2) is 156 Å². The molecule has 6 aromatic carbocycles. The van der Waals surface area contributed by atoms with Crippen molar-refractivity contribution >= 4 is 11.0 Å². The molecule has 0 saturated heterocycles. The smallest absolute Gasteiger partial charge is 0.167 e. The number of hydrogen-bond acceptors (Lipinski definition) is 5. The van der Waals surface area contributed by atoms with Crippen molar-refractivity contribution in [3.8, 4) is 56.8 Å². The second-order valence-electron chi connectivity index (χ2n) is 12.0. The average Bonchev–Trinajstić information content (AvgIpc) is 3.72. The van der Waals surface area contributed by atoms with Crippen molar-refractivity contribution in [2.75, 3.05) is 0 Å². The minimum Gasteiger partial charge on any atom is -0.464 e. The van der Waals surface area contributed by atoms with Crippen LogP contribution in [-0.2, 0) is 5.41 Å². The molecule has 5 nitrogen and oxygen atoms in total. The van der Waals surface area contributed by atoms with Gasteiger partial charge in [0.1, 0.15) is 17.1 Å². The lowest BCUT2D eigenvalue weighted by Gasteiger charge is -2.39. The number of rotatable bonds is 3. The summed E-state index contributed by atoms with van der Waals surface area (Å²) in [6.45, 7) is 0. The summed E-state index contributed by atoms with van der Waals surface area (Å²) in [6.07, 6.45) is 1.76. The SMILES string of the molecule is c1ccc(-c2nc(-c3ccccc3)nc(-c3cccc4c3Oc3ccccc3C43c4ccccc4-c4cc5ccoc5cc43)n2)cc1. The molecule has 47 heavy (non-hydrogen) atoms. The monoisotopic (exact) mass is 603 g/mol.